The highest BCUT2D eigenvalue weighted by molar-refractivity contribution is 6.44. The molecule has 3 rings (SSSR count). The van der Waals surface area contributed by atoms with Gasteiger partial charge in [-0.2, -0.15) is 0 Å². The number of morpholine rings is 1. The molecule has 2 atom stereocenters. The smallest absolute Gasteiger partial charge is 0.295 e. The summed E-state index contributed by atoms with van der Waals surface area (Å²) in [6, 6.07) is 7.38. The number of rotatable bonds is 6. The van der Waals surface area contributed by atoms with Gasteiger partial charge in [-0.3, -0.25) is 14.4 Å². The number of nitrogens with zero attached hydrogens (tertiary/aromatic N) is 3. The lowest BCUT2D eigenvalue weighted by Gasteiger charge is -2.34. The molecule has 29 heavy (non-hydrogen) atoms. The molecule has 1 aromatic heterocycles. The van der Waals surface area contributed by atoms with Crippen LogP contribution in [0.4, 0.5) is 0 Å². The summed E-state index contributed by atoms with van der Waals surface area (Å²) < 4.78 is 7.43. The number of fused-ring (bicyclic) bond motifs is 1. The van der Waals surface area contributed by atoms with E-state index in [1.807, 2.05) is 52.0 Å². The van der Waals surface area contributed by atoms with Crippen LogP contribution in [-0.4, -0.2) is 70.4 Å². The average Bonchev–Trinajstić information content (AvgIpc) is 3.05. The van der Waals surface area contributed by atoms with Gasteiger partial charge >= 0.3 is 0 Å². The number of hydrogen-bond acceptors (Lipinski definition) is 4. The Labute approximate surface area is 171 Å². The van der Waals surface area contributed by atoms with Crippen molar-refractivity contribution in [1.82, 2.24) is 14.4 Å². The number of hydrogen-bond donors (Lipinski definition) is 0. The van der Waals surface area contributed by atoms with Crippen molar-refractivity contribution in [2.45, 2.75) is 46.4 Å². The van der Waals surface area contributed by atoms with Crippen molar-refractivity contribution in [3.8, 4) is 0 Å². The van der Waals surface area contributed by atoms with E-state index in [1.165, 1.54) is 0 Å². The molecule has 0 spiro atoms. The zero-order chi connectivity index (χ0) is 21.1. The van der Waals surface area contributed by atoms with Gasteiger partial charge in [0.2, 0.25) is 5.91 Å². The van der Waals surface area contributed by atoms with Crippen molar-refractivity contribution in [2.75, 3.05) is 26.2 Å². The predicted octanol–water partition coefficient (Wildman–Crippen LogP) is 2.33. The molecule has 2 amide bonds. The molecule has 1 fully saturated rings. The highest BCUT2D eigenvalue weighted by Gasteiger charge is 2.31. The third kappa shape index (κ3) is 4.34. The molecule has 7 heteroatoms. The summed E-state index contributed by atoms with van der Waals surface area (Å²) in [5.41, 5.74) is 1.11. The fourth-order valence-corrected chi connectivity index (χ4v) is 3.98. The zero-order valence-corrected chi connectivity index (χ0v) is 17.6. The van der Waals surface area contributed by atoms with E-state index in [2.05, 4.69) is 0 Å². The molecule has 0 radical (unpaired) electrons. The van der Waals surface area contributed by atoms with Gasteiger partial charge < -0.3 is 19.1 Å². The average molecular weight is 399 g/mol. The highest BCUT2D eigenvalue weighted by Crippen LogP contribution is 2.23. The summed E-state index contributed by atoms with van der Waals surface area (Å²) in [4.78, 5) is 41.9. The lowest BCUT2D eigenvalue weighted by atomic mass is 10.1. The number of carbonyl (C=O) groups excluding carboxylic acids is 3. The summed E-state index contributed by atoms with van der Waals surface area (Å²) in [5.74, 6) is -1.08. The van der Waals surface area contributed by atoms with Crippen LogP contribution in [0, 0.1) is 0 Å². The summed E-state index contributed by atoms with van der Waals surface area (Å²) in [5, 5.41) is 0.688. The number of aromatic nitrogens is 1. The molecule has 0 saturated carbocycles. The van der Waals surface area contributed by atoms with E-state index in [-0.39, 0.29) is 24.7 Å². The predicted molar refractivity (Wildman–Crippen MR) is 111 cm³/mol. The first-order valence-corrected chi connectivity index (χ1v) is 10.2. The Morgan fingerprint density at radius 2 is 1.69 bits per heavy atom. The number of ketones is 1. The molecular weight excluding hydrogens is 370 g/mol. The van der Waals surface area contributed by atoms with Crippen LogP contribution in [0.2, 0.25) is 0 Å². The number of Topliss-reactive ketones (excluding diaryl/α,β-unsaturated/α-hetero) is 1. The van der Waals surface area contributed by atoms with Crippen LogP contribution in [0.25, 0.3) is 10.9 Å². The van der Waals surface area contributed by atoms with E-state index in [9.17, 15) is 14.4 Å². The van der Waals surface area contributed by atoms with E-state index < -0.39 is 11.7 Å². The molecule has 156 valence electrons. The largest absolute Gasteiger partial charge is 0.372 e. The maximum atomic E-state index is 13.1. The van der Waals surface area contributed by atoms with Crippen LogP contribution in [0.3, 0.4) is 0 Å². The first kappa shape index (κ1) is 21.0. The minimum atomic E-state index is -0.545. The Morgan fingerprint density at radius 1 is 1.07 bits per heavy atom. The van der Waals surface area contributed by atoms with E-state index in [4.69, 9.17) is 4.74 Å². The Balaban J connectivity index is 1.90. The van der Waals surface area contributed by atoms with E-state index >= 15 is 0 Å². The first-order valence-electron chi connectivity index (χ1n) is 10.2. The minimum absolute atomic E-state index is 0.0168. The van der Waals surface area contributed by atoms with Gasteiger partial charge in [-0.15, -0.1) is 0 Å². The van der Waals surface area contributed by atoms with Gasteiger partial charge in [0.25, 0.3) is 11.7 Å². The Morgan fingerprint density at radius 3 is 2.31 bits per heavy atom. The fourth-order valence-electron chi connectivity index (χ4n) is 3.98. The van der Waals surface area contributed by atoms with Gasteiger partial charge in [0.1, 0.15) is 6.54 Å². The molecular formula is C22H29N3O4. The third-order valence-corrected chi connectivity index (χ3v) is 5.36. The Bertz CT molecular complexity index is 906. The lowest BCUT2D eigenvalue weighted by molar-refractivity contribution is -0.138. The molecule has 7 nitrogen and oxygen atoms in total. The van der Waals surface area contributed by atoms with Crippen LogP contribution in [0.15, 0.2) is 30.5 Å². The van der Waals surface area contributed by atoms with Crippen molar-refractivity contribution in [2.24, 2.45) is 0 Å². The molecule has 1 aromatic carbocycles. The topological polar surface area (TPSA) is 71.9 Å². The summed E-state index contributed by atoms with van der Waals surface area (Å²) in [6.07, 6.45) is 1.42. The molecule has 1 aliphatic heterocycles. The lowest BCUT2D eigenvalue weighted by Crippen LogP contribution is -2.50. The van der Waals surface area contributed by atoms with Crippen LogP contribution in [0.1, 0.15) is 38.1 Å². The number of likely N-dealkylation sites (N-methyl/N-ethyl adjacent to an activating group) is 1. The summed E-state index contributed by atoms with van der Waals surface area (Å²) >= 11 is 0. The molecule has 2 aromatic rings. The SMILES string of the molecule is CCN(CC)C(=O)Cn1cc(C(=O)C(=O)N2CC(C)OC(C)C2)c2ccccc21. The van der Waals surface area contributed by atoms with Gasteiger partial charge in [0.05, 0.1) is 17.8 Å². The maximum Gasteiger partial charge on any atom is 0.295 e. The second kappa shape index (κ2) is 8.78. The van der Waals surface area contributed by atoms with Crippen molar-refractivity contribution in [3.05, 3.63) is 36.0 Å². The fraction of sp³-hybridized carbons (Fsp3) is 0.500. The van der Waals surface area contributed by atoms with Gasteiger partial charge in [0.15, 0.2) is 0 Å². The maximum absolute atomic E-state index is 13.1. The molecule has 1 saturated heterocycles. The Kier molecular flexibility index (Phi) is 6.37. The van der Waals surface area contributed by atoms with Gasteiger partial charge in [0, 0.05) is 43.3 Å². The van der Waals surface area contributed by atoms with Gasteiger partial charge in [-0.25, -0.2) is 0 Å². The zero-order valence-electron chi connectivity index (χ0n) is 17.6. The quantitative estimate of drug-likeness (QED) is 0.552. The van der Waals surface area contributed by atoms with Crippen molar-refractivity contribution in [3.63, 3.8) is 0 Å². The van der Waals surface area contributed by atoms with Crippen LogP contribution in [0.5, 0.6) is 0 Å². The van der Waals surface area contributed by atoms with Crippen molar-refractivity contribution < 1.29 is 19.1 Å². The Hall–Kier alpha value is -2.67. The molecule has 2 unspecified atom stereocenters. The van der Waals surface area contributed by atoms with Crippen LogP contribution >= 0.6 is 0 Å². The monoisotopic (exact) mass is 399 g/mol. The minimum Gasteiger partial charge on any atom is -0.372 e. The molecule has 0 bridgehead atoms. The number of para-hydroxylation sites is 1. The van der Waals surface area contributed by atoms with Gasteiger partial charge in [-0.1, -0.05) is 18.2 Å². The molecule has 2 heterocycles. The number of amides is 2. The standard InChI is InChI=1S/C22H29N3O4/c1-5-23(6-2)20(26)14-24-13-18(17-9-7-8-10-19(17)24)21(27)22(28)25-11-15(3)29-16(4)12-25/h7-10,13,15-16H,5-6,11-12,14H2,1-4H3. The van der Waals surface area contributed by atoms with E-state index in [0.717, 1.165) is 5.52 Å². The van der Waals surface area contributed by atoms with Crippen LogP contribution in [-0.2, 0) is 20.9 Å². The van der Waals surface area contributed by atoms with Gasteiger partial charge in [-0.05, 0) is 33.8 Å². The summed E-state index contributed by atoms with van der Waals surface area (Å²) in [6.45, 7) is 9.85. The third-order valence-electron chi connectivity index (χ3n) is 5.36. The van der Waals surface area contributed by atoms with E-state index in [1.54, 1.807) is 20.6 Å². The normalized spacial score (nSPS) is 19.4. The number of benzene rings is 1. The van der Waals surface area contributed by atoms with E-state index in [0.29, 0.717) is 37.1 Å². The van der Waals surface area contributed by atoms with Crippen LogP contribution < -0.4 is 0 Å². The van der Waals surface area contributed by atoms with Crippen molar-refractivity contribution >= 4 is 28.5 Å². The second-order valence-corrected chi connectivity index (χ2v) is 7.55. The highest BCUT2D eigenvalue weighted by atomic mass is 16.5. The number of carbonyl (C=O) groups is 3. The van der Waals surface area contributed by atoms with Crippen molar-refractivity contribution in [1.29, 1.82) is 0 Å². The number of ether oxygens (including phenoxy) is 1. The summed E-state index contributed by atoms with van der Waals surface area (Å²) in [7, 11) is 0. The second-order valence-electron chi connectivity index (χ2n) is 7.55. The molecule has 1 aliphatic rings. The molecule has 0 aliphatic carbocycles. The molecule has 0 N–H and O–H groups in total. The first-order chi connectivity index (χ1) is 13.8.